The van der Waals surface area contributed by atoms with Crippen LogP contribution in [0.25, 0.3) is 0 Å². The Kier molecular flexibility index (Phi) is 10.7. The van der Waals surface area contributed by atoms with Gasteiger partial charge in [0, 0.05) is 12.8 Å². The topological polar surface area (TPSA) is 52.6 Å². The summed E-state index contributed by atoms with van der Waals surface area (Å²) < 4.78 is 46.0. The highest BCUT2D eigenvalue weighted by Gasteiger charge is 2.38. The van der Waals surface area contributed by atoms with Crippen LogP contribution in [0.3, 0.4) is 0 Å². The molecule has 0 saturated carbocycles. The van der Waals surface area contributed by atoms with Crippen LogP contribution in [0.4, 0.5) is 13.2 Å². The number of alkyl halides is 3. The third-order valence-electron chi connectivity index (χ3n) is 3.33. The minimum absolute atomic E-state index is 0.00516. The predicted molar refractivity (Wildman–Crippen MR) is 79.8 cm³/mol. The lowest BCUT2D eigenvalue weighted by atomic mass is 10.1. The third kappa shape index (κ3) is 11.9. The molecule has 0 aliphatic carbocycles. The van der Waals surface area contributed by atoms with Crippen molar-refractivity contribution in [2.75, 3.05) is 0 Å². The Morgan fingerprint density at radius 3 is 2.00 bits per heavy atom. The van der Waals surface area contributed by atoms with Crippen LogP contribution in [0.1, 0.15) is 72.1 Å². The summed E-state index contributed by atoms with van der Waals surface area (Å²) in [7, 11) is 0. The normalized spacial score (nSPS) is 14.2. The van der Waals surface area contributed by atoms with Crippen molar-refractivity contribution in [3.05, 3.63) is 0 Å². The molecule has 0 bridgehead atoms. The van der Waals surface area contributed by atoms with Gasteiger partial charge in [0.2, 0.25) is 0 Å². The highest BCUT2D eigenvalue weighted by Crippen LogP contribution is 2.22. The van der Waals surface area contributed by atoms with Crippen LogP contribution in [0.15, 0.2) is 0 Å². The first-order valence-electron chi connectivity index (χ1n) is 8.12. The molecule has 0 saturated heterocycles. The smallest absolute Gasteiger partial charge is 0.425 e. The van der Waals surface area contributed by atoms with E-state index >= 15 is 0 Å². The molecule has 0 heterocycles. The predicted octanol–water partition coefficient (Wildman–Crippen LogP) is 4.55. The Labute approximate surface area is 135 Å². The average Bonchev–Trinajstić information content (AvgIpc) is 2.42. The molecule has 7 heteroatoms. The SMILES string of the molecule is CCCCCCC(C)OC(=O)CCCC(=O)OC(C)C(F)(F)F. The van der Waals surface area contributed by atoms with Gasteiger partial charge in [-0.2, -0.15) is 13.2 Å². The molecule has 0 fully saturated rings. The molecule has 2 atom stereocenters. The lowest BCUT2D eigenvalue weighted by Gasteiger charge is -2.16. The van der Waals surface area contributed by atoms with E-state index in [1.807, 2.05) is 6.92 Å². The molecule has 2 unspecified atom stereocenters. The molecule has 0 amide bonds. The summed E-state index contributed by atoms with van der Waals surface area (Å²) in [4.78, 5) is 22.8. The van der Waals surface area contributed by atoms with E-state index in [1.165, 1.54) is 0 Å². The number of halogens is 3. The van der Waals surface area contributed by atoms with E-state index in [-0.39, 0.29) is 25.4 Å². The summed E-state index contributed by atoms with van der Waals surface area (Å²) in [6.07, 6.45) is -1.85. The number of hydrogen-bond donors (Lipinski definition) is 0. The number of rotatable bonds is 11. The molecule has 23 heavy (non-hydrogen) atoms. The molecule has 136 valence electrons. The number of esters is 2. The zero-order valence-corrected chi connectivity index (χ0v) is 14.1. The molecule has 0 aliphatic heterocycles. The van der Waals surface area contributed by atoms with E-state index in [4.69, 9.17) is 4.74 Å². The lowest BCUT2D eigenvalue weighted by Crippen LogP contribution is -2.30. The molecule has 0 aromatic carbocycles. The maximum atomic E-state index is 12.2. The minimum atomic E-state index is -4.57. The van der Waals surface area contributed by atoms with E-state index in [0.717, 1.165) is 39.0 Å². The van der Waals surface area contributed by atoms with Crippen LogP contribution in [0, 0.1) is 0 Å². The lowest BCUT2D eigenvalue weighted by molar-refractivity contribution is -0.216. The van der Waals surface area contributed by atoms with Crippen molar-refractivity contribution >= 4 is 11.9 Å². The summed E-state index contributed by atoms with van der Waals surface area (Å²) in [6.45, 7) is 4.69. The van der Waals surface area contributed by atoms with Crippen LogP contribution in [0.2, 0.25) is 0 Å². The Morgan fingerprint density at radius 1 is 0.913 bits per heavy atom. The molecule has 0 radical (unpaired) electrons. The van der Waals surface area contributed by atoms with Crippen molar-refractivity contribution in [3.8, 4) is 0 Å². The summed E-state index contributed by atoms with van der Waals surface area (Å²) in [5.74, 6) is -1.40. The zero-order chi connectivity index (χ0) is 17.9. The van der Waals surface area contributed by atoms with Gasteiger partial charge in [-0.25, -0.2) is 0 Å². The number of carbonyl (C=O) groups excluding carboxylic acids is 2. The molecular formula is C16H27F3O4. The van der Waals surface area contributed by atoms with Gasteiger partial charge in [-0.1, -0.05) is 26.2 Å². The number of ether oxygens (including phenoxy) is 2. The van der Waals surface area contributed by atoms with Crippen molar-refractivity contribution in [1.82, 2.24) is 0 Å². The van der Waals surface area contributed by atoms with Crippen LogP contribution < -0.4 is 0 Å². The second kappa shape index (κ2) is 11.3. The zero-order valence-electron chi connectivity index (χ0n) is 14.1. The fraction of sp³-hybridized carbons (Fsp3) is 0.875. The maximum Gasteiger partial charge on any atom is 0.425 e. The summed E-state index contributed by atoms with van der Waals surface area (Å²) in [5, 5.41) is 0. The van der Waals surface area contributed by atoms with Gasteiger partial charge in [0.15, 0.2) is 6.10 Å². The fourth-order valence-corrected chi connectivity index (χ4v) is 1.90. The highest BCUT2D eigenvalue weighted by molar-refractivity contribution is 5.72. The molecular weight excluding hydrogens is 313 g/mol. The Balaban J connectivity index is 3.79. The number of hydrogen-bond acceptors (Lipinski definition) is 4. The van der Waals surface area contributed by atoms with E-state index in [1.54, 1.807) is 0 Å². The van der Waals surface area contributed by atoms with Gasteiger partial charge in [-0.3, -0.25) is 9.59 Å². The largest absolute Gasteiger partial charge is 0.463 e. The highest BCUT2D eigenvalue weighted by atomic mass is 19.4. The molecule has 0 aromatic rings. The Bertz CT molecular complexity index is 356. The van der Waals surface area contributed by atoms with Gasteiger partial charge in [-0.15, -0.1) is 0 Å². The van der Waals surface area contributed by atoms with Crippen molar-refractivity contribution in [2.24, 2.45) is 0 Å². The molecule has 0 aliphatic rings. The van der Waals surface area contributed by atoms with Gasteiger partial charge >= 0.3 is 18.1 Å². The molecule has 0 rings (SSSR count). The summed E-state index contributed by atoms with van der Waals surface area (Å²) >= 11 is 0. The van der Waals surface area contributed by atoms with Gasteiger partial charge in [0.25, 0.3) is 0 Å². The first kappa shape index (κ1) is 21.7. The van der Waals surface area contributed by atoms with Gasteiger partial charge in [0.05, 0.1) is 6.10 Å². The third-order valence-corrected chi connectivity index (χ3v) is 3.33. The Hall–Kier alpha value is -1.27. The van der Waals surface area contributed by atoms with Crippen LogP contribution in [-0.4, -0.2) is 30.3 Å². The number of unbranched alkanes of at least 4 members (excludes halogenated alkanes) is 3. The van der Waals surface area contributed by atoms with Gasteiger partial charge in [0.1, 0.15) is 0 Å². The van der Waals surface area contributed by atoms with Crippen molar-refractivity contribution in [1.29, 1.82) is 0 Å². The second-order valence-corrected chi connectivity index (χ2v) is 5.68. The van der Waals surface area contributed by atoms with Crippen molar-refractivity contribution < 1.29 is 32.2 Å². The summed E-state index contributed by atoms with van der Waals surface area (Å²) in [5.41, 5.74) is 0. The fourth-order valence-electron chi connectivity index (χ4n) is 1.90. The van der Waals surface area contributed by atoms with E-state index in [0.29, 0.717) is 0 Å². The average molecular weight is 340 g/mol. The molecule has 0 spiro atoms. The number of carbonyl (C=O) groups is 2. The van der Waals surface area contributed by atoms with Crippen LogP contribution >= 0.6 is 0 Å². The second-order valence-electron chi connectivity index (χ2n) is 5.68. The van der Waals surface area contributed by atoms with Crippen molar-refractivity contribution in [2.45, 2.75) is 90.5 Å². The molecule has 0 aromatic heterocycles. The molecule has 0 N–H and O–H groups in total. The first-order valence-corrected chi connectivity index (χ1v) is 8.12. The van der Waals surface area contributed by atoms with E-state index < -0.39 is 24.2 Å². The van der Waals surface area contributed by atoms with Crippen molar-refractivity contribution in [3.63, 3.8) is 0 Å². The van der Waals surface area contributed by atoms with E-state index in [9.17, 15) is 22.8 Å². The first-order chi connectivity index (χ1) is 10.7. The maximum absolute atomic E-state index is 12.2. The van der Waals surface area contributed by atoms with Gasteiger partial charge in [-0.05, 0) is 33.1 Å². The minimum Gasteiger partial charge on any atom is -0.463 e. The van der Waals surface area contributed by atoms with Crippen LogP contribution in [0.5, 0.6) is 0 Å². The van der Waals surface area contributed by atoms with E-state index in [2.05, 4.69) is 11.7 Å². The van der Waals surface area contributed by atoms with Crippen LogP contribution in [-0.2, 0) is 19.1 Å². The summed E-state index contributed by atoms with van der Waals surface area (Å²) in [6, 6.07) is 0. The molecule has 4 nitrogen and oxygen atoms in total. The Morgan fingerprint density at radius 2 is 1.48 bits per heavy atom. The standard InChI is InChI=1S/C16H27F3O4/c1-4-5-6-7-9-12(2)22-14(20)10-8-11-15(21)23-13(3)16(17,18)19/h12-13H,4-11H2,1-3H3. The monoisotopic (exact) mass is 340 g/mol. The quantitative estimate of drug-likeness (QED) is 0.409. The van der Waals surface area contributed by atoms with Gasteiger partial charge < -0.3 is 9.47 Å².